The number of hydrogen-bond donors (Lipinski definition) is 1. The second kappa shape index (κ2) is 8.74. The Kier molecular flexibility index (Phi) is 5.96. The Morgan fingerprint density at radius 3 is 2.84 bits per heavy atom. The number of carbonyl (C=O) groups excluding carboxylic acids is 1. The Morgan fingerprint density at radius 1 is 1.16 bits per heavy atom. The summed E-state index contributed by atoms with van der Waals surface area (Å²) in [4.78, 5) is 21.3. The maximum atomic E-state index is 12.5. The summed E-state index contributed by atoms with van der Waals surface area (Å²) in [5.41, 5.74) is 0.786. The van der Waals surface area contributed by atoms with E-state index in [9.17, 15) is 4.79 Å². The highest BCUT2D eigenvalue weighted by Gasteiger charge is 2.38. The number of aryl methyl sites for hydroxylation is 3. The summed E-state index contributed by atoms with van der Waals surface area (Å²) in [6, 6.07) is 0.133. The summed E-state index contributed by atoms with van der Waals surface area (Å²) in [5.74, 6) is 2.15. The van der Waals surface area contributed by atoms with Gasteiger partial charge in [0, 0.05) is 30.4 Å². The quantitative estimate of drug-likeness (QED) is 0.750. The fourth-order valence-corrected chi connectivity index (χ4v) is 6.35. The van der Waals surface area contributed by atoms with Gasteiger partial charge in [-0.1, -0.05) is 6.42 Å². The van der Waals surface area contributed by atoms with Gasteiger partial charge in [-0.25, -0.2) is 9.78 Å². The van der Waals surface area contributed by atoms with Crippen LogP contribution in [0.25, 0.3) is 0 Å². The molecule has 3 aliphatic rings. The number of rotatable bonds is 4. The van der Waals surface area contributed by atoms with Crippen molar-refractivity contribution in [2.45, 2.75) is 103 Å². The van der Waals surface area contributed by atoms with Gasteiger partial charge in [0.25, 0.3) is 0 Å². The van der Waals surface area contributed by atoms with E-state index in [1.54, 1.807) is 0 Å². The number of nitrogens with zero attached hydrogens (tertiary/aromatic N) is 5. The maximum absolute atomic E-state index is 12.5. The van der Waals surface area contributed by atoms with Crippen molar-refractivity contribution in [3.05, 3.63) is 27.2 Å². The van der Waals surface area contributed by atoms with Crippen LogP contribution in [0.3, 0.4) is 0 Å². The van der Waals surface area contributed by atoms with E-state index < -0.39 is 5.60 Å². The van der Waals surface area contributed by atoms with Gasteiger partial charge >= 0.3 is 6.09 Å². The number of carbonyl (C=O) groups is 1. The molecule has 4 heterocycles. The van der Waals surface area contributed by atoms with E-state index >= 15 is 0 Å². The Bertz CT molecular complexity index is 956. The van der Waals surface area contributed by atoms with Crippen LogP contribution in [-0.2, 0) is 37.1 Å². The van der Waals surface area contributed by atoms with E-state index in [-0.39, 0.29) is 18.2 Å². The van der Waals surface area contributed by atoms with Crippen molar-refractivity contribution in [3.63, 3.8) is 0 Å². The van der Waals surface area contributed by atoms with Gasteiger partial charge in [0.15, 0.2) is 5.82 Å². The number of likely N-dealkylation sites (tertiary alicyclic amines) is 1. The van der Waals surface area contributed by atoms with Gasteiger partial charge in [0.2, 0.25) is 0 Å². The standard InChI is InChI=1S/C23H34N6O2S/c1-23(2,3)31-22(30)24-15-12-17(21-27-26-19-10-5-4-6-11-29(19)21)28(13-15)14-20-25-16-8-7-9-18(16)32-20/h15,17H,4-14H2,1-3H3,(H,24,30)/t15-,17+/m0/s1. The van der Waals surface area contributed by atoms with Crippen LogP contribution in [0.15, 0.2) is 0 Å². The third-order valence-electron chi connectivity index (χ3n) is 6.54. The zero-order valence-electron chi connectivity index (χ0n) is 19.4. The first-order valence-electron chi connectivity index (χ1n) is 12.0. The molecule has 1 saturated heterocycles. The number of hydrogen-bond acceptors (Lipinski definition) is 7. The number of ether oxygens (including phenoxy) is 1. The predicted molar refractivity (Wildman–Crippen MR) is 123 cm³/mol. The Morgan fingerprint density at radius 2 is 2.03 bits per heavy atom. The number of aromatic nitrogens is 4. The number of fused-ring (bicyclic) bond motifs is 2. The molecule has 0 saturated carbocycles. The van der Waals surface area contributed by atoms with Crippen LogP contribution in [0.2, 0.25) is 0 Å². The Labute approximate surface area is 193 Å². The molecule has 0 radical (unpaired) electrons. The summed E-state index contributed by atoms with van der Waals surface area (Å²) in [6.07, 6.45) is 8.55. The topological polar surface area (TPSA) is 85.2 Å². The van der Waals surface area contributed by atoms with Crippen molar-refractivity contribution in [2.24, 2.45) is 0 Å². The maximum Gasteiger partial charge on any atom is 0.407 e. The van der Waals surface area contributed by atoms with E-state index in [1.165, 1.54) is 41.3 Å². The Balaban J connectivity index is 1.37. The molecular formula is C23H34N6O2S. The lowest BCUT2D eigenvalue weighted by Gasteiger charge is -2.23. The minimum Gasteiger partial charge on any atom is -0.444 e. The molecule has 2 aliphatic heterocycles. The van der Waals surface area contributed by atoms with Crippen LogP contribution in [0.1, 0.15) is 86.1 Å². The predicted octanol–water partition coefficient (Wildman–Crippen LogP) is 3.79. The molecule has 1 aliphatic carbocycles. The minimum atomic E-state index is -0.506. The summed E-state index contributed by atoms with van der Waals surface area (Å²) in [5, 5.41) is 13.5. The van der Waals surface area contributed by atoms with E-state index in [4.69, 9.17) is 9.72 Å². The zero-order chi connectivity index (χ0) is 22.3. The normalized spacial score (nSPS) is 23.6. The number of alkyl carbamates (subject to hydrolysis) is 1. The van der Waals surface area contributed by atoms with Crippen LogP contribution >= 0.6 is 11.3 Å². The van der Waals surface area contributed by atoms with Crippen LogP contribution in [0.4, 0.5) is 4.79 Å². The SMILES string of the molecule is CC(C)(C)OC(=O)N[C@H]1C[C@H](c2nnc3n2CCCCC3)N(Cc2nc3c(s2)CCC3)C1. The lowest BCUT2D eigenvalue weighted by Crippen LogP contribution is -2.40. The smallest absolute Gasteiger partial charge is 0.407 e. The first-order chi connectivity index (χ1) is 15.4. The second-order valence-corrected chi connectivity index (χ2v) is 11.5. The van der Waals surface area contributed by atoms with Crippen molar-refractivity contribution in [1.82, 2.24) is 30.0 Å². The number of nitrogens with one attached hydrogen (secondary N) is 1. The van der Waals surface area contributed by atoms with E-state index in [1.807, 2.05) is 32.1 Å². The fraction of sp³-hybridized carbons (Fsp3) is 0.739. The minimum absolute atomic E-state index is 0.0142. The molecule has 9 heteroatoms. The molecule has 0 aromatic carbocycles. The second-order valence-electron chi connectivity index (χ2n) is 10.3. The molecule has 174 valence electrons. The highest BCUT2D eigenvalue weighted by molar-refractivity contribution is 7.11. The van der Waals surface area contributed by atoms with Crippen molar-refractivity contribution in [2.75, 3.05) is 6.54 Å². The largest absolute Gasteiger partial charge is 0.444 e. The molecule has 1 N–H and O–H groups in total. The van der Waals surface area contributed by atoms with Gasteiger partial charge in [-0.15, -0.1) is 21.5 Å². The third kappa shape index (κ3) is 4.69. The van der Waals surface area contributed by atoms with Crippen LogP contribution in [0.5, 0.6) is 0 Å². The van der Waals surface area contributed by atoms with Crippen LogP contribution < -0.4 is 5.32 Å². The van der Waals surface area contributed by atoms with E-state index in [0.717, 1.165) is 57.0 Å². The fourth-order valence-electron chi connectivity index (χ4n) is 5.16. The molecule has 0 unspecified atom stereocenters. The molecule has 2 aromatic rings. The van der Waals surface area contributed by atoms with Crippen molar-refractivity contribution >= 4 is 17.4 Å². The van der Waals surface area contributed by atoms with Crippen LogP contribution in [-0.4, -0.2) is 48.9 Å². The first kappa shape index (κ1) is 21.8. The number of amides is 1. The van der Waals surface area contributed by atoms with Gasteiger partial charge in [0.1, 0.15) is 16.4 Å². The van der Waals surface area contributed by atoms with Crippen LogP contribution in [0, 0.1) is 0 Å². The van der Waals surface area contributed by atoms with Gasteiger partial charge in [0.05, 0.1) is 18.3 Å². The molecule has 2 atom stereocenters. The highest BCUT2D eigenvalue weighted by Crippen LogP contribution is 2.36. The van der Waals surface area contributed by atoms with E-state index in [0.29, 0.717) is 0 Å². The van der Waals surface area contributed by atoms with Gasteiger partial charge < -0.3 is 14.6 Å². The molecule has 1 amide bonds. The summed E-state index contributed by atoms with van der Waals surface area (Å²) >= 11 is 1.86. The lowest BCUT2D eigenvalue weighted by molar-refractivity contribution is 0.0505. The molecular weight excluding hydrogens is 424 g/mol. The molecule has 2 aromatic heterocycles. The molecule has 5 rings (SSSR count). The Hall–Kier alpha value is -2.00. The average Bonchev–Trinajstić information content (AvgIpc) is 3.42. The summed E-state index contributed by atoms with van der Waals surface area (Å²) in [7, 11) is 0. The highest BCUT2D eigenvalue weighted by atomic mass is 32.1. The zero-order valence-corrected chi connectivity index (χ0v) is 20.2. The molecule has 0 spiro atoms. The molecule has 0 bridgehead atoms. The molecule has 1 fully saturated rings. The van der Waals surface area contributed by atoms with Crippen molar-refractivity contribution in [1.29, 1.82) is 0 Å². The van der Waals surface area contributed by atoms with E-state index in [2.05, 4.69) is 25.0 Å². The van der Waals surface area contributed by atoms with Crippen molar-refractivity contribution in [3.8, 4) is 0 Å². The van der Waals surface area contributed by atoms with Gasteiger partial charge in [-0.05, 0) is 59.3 Å². The average molecular weight is 459 g/mol. The molecule has 32 heavy (non-hydrogen) atoms. The summed E-state index contributed by atoms with van der Waals surface area (Å²) in [6.45, 7) is 8.21. The monoisotopic (exact) mass is 458 g/mol. The van der Waals surface area contributed by atoms with Gasteiger partial charge in [-0.3, -0.25) is 4.90 Å². The first-order valence-corrected chi connectivity index (χ1v) is 12.8. The van der Waals surface area contributed by atoms with Crippen molar-refractivity contribution < 1.29 is 9.53 Å². The lowest BCUT2D eigenvalue weighted by atomic mass is 10.1. The van der Waals surface area contributed by atoms with Gasteiger partial charge in [-0.2, -0.15) is 0 Å². The molecule has 8 nitrogen and oxygen atoms in total. The number of thiazole rings is 1. The third-order valence-corrected chi connectivity index (χ3v) is 7.68. The summed E-state index contributed by atoms with van der Waals surface area (Å²) < 4.78 is 7.85.